The van der Waals surface area contributed by atoms with E-state index in [4.69, 9.17) is 4.74 Å². The molecular formula is C20H21N3O2S. The van der Waals surface area contributed by atoms with Gasteiger partial charge in [0.05, 0.1) is 18.5 Å². The van der Waals surface area contributed by atoms with Crippen molar-refractivity contribution in [2.24, 2.45) is 0 Å². The fourth-order valence-corrected chi connectivity index (χ4v) is 3.43. The number of nitrogens with zero attached hydrogens (tertiary/aromatic N) is 2. The number of hydrogen-bond donors (Lipinski definition) is 1. The van der Waals surface area contributed by atoms with Crippen LogP contribution in [0.2, 0.25) is 0 Å². The van der Waals surface area contributed by atoms with Crippen LogP contribution in [0.15, 0.2) is 54.0 Å². The lowest BCUT2D eigenvalue weighted by atomic mass is 10.1. The molecule has 0 atom stereocenters. The molecule has 1 aromatic carbocycles. The van der Waals surface area contributed by atoms with E-state index in [9.17, 15) is 4.79 Å². The third-order valence-corrected chi connectivity index (χ3v) is 4.87. The van der Waals surface area contributed by atoms with Crippen molar-refractivity contribution in [3.8, 4) is 16.5 Å². The summed E-state index contributed by atoms with van der Waals surface area (Å²) in [6.07, 6.45) is 3.56. The predicted molar refractivity (Wildman–Crippen MR) is 103 cm³/mol. The highest BCUT2D eigenvalue weighted by molar-refractivity contribution is 7.13. The Morgan fingerprint density at radius 2 is 2.00 bits per heavy atom. The second-order valence-corrected chi connectivity index (χ2v) is 6.63. The zero-order valence-electron chi connectivity index (χ0n) is 14.6. The molecule has 5 nitrogen and oxygen atoms in total. The van der Waals surface area contributed by atoms with E-state index in [1.165, 1.54) is 0 Å². The summed E-state index contributed by atoms with van der Waals surface area (Å²) >= 11 is 1.55. The Hall–Kier alpha value is -2.73. The van der Waals surface area contributed by atoms with Gasteiger partial charge >= 0.3 is 0 Å². The Bertz CT molecular complexity index is 849. The van der Waals surface area contributed by atoms with E-state index in [1.807, 2.05) is 47.8 Å². The number of carbonyl (C=O) groups excluding carboxylic acids is 1. The van der Waals surface area contributed by atoms with Gasteiger partial charge in [-0.2, -0.15) is 0 Å². The van der Waals surface area contributed by atoms with E-state index in [0.717, 1.165) is 34.1 Å². The Balaban J connectivity index is 1.44. The summed E-state index contributed by atoms with van der Waals surface area (Å²) in [5.41, 5.74) is 2.88. The van der Waals surface area contributed by atoms with Gasteiger partial charge < -0.3 is 10.1 Å². The van der Waals surface area contributed by atoms with E-state index in [2.05, 4.69) is 15.3 Å². The maximum absolute atomic E-state index is 12.1. The van der Waals surface area contributed by atoms with Crippen molar-refractivity contribution in [2.45, 2.75) is 19.3 Å². The van der Waals surface area contributed by atoms with Crippen molar-refractivity contribution in [3.63, 3.8) is 0 Å². The van der Waals surface area contributed by atoms with Crippen LogP contribution in [-0.4, -0.2) is 29.5 Å². The zero-order valence-corrected chi connectivity index (χ0v) is 15.5. The van der Waals surface area contributed by atoms with Crippen molar-refractivity contribution in [1.82, 2.24) is 15.3 Å². The minimum absolute atomic E-state index is 0.0345. The predicted octanol–water partition coefficient (Wildman–Crippen LogP) is 3.51. The van der Waals surface area contributed by atoms with Crippen LogP contribution in [0.3, 0.4) is 0 Å². The average Bonchev–Trinajstić information content (AvgIpc) is 3.16. The third-order valence-electron chi connectivity index (χ3n) is 3.95. The van der Waals surface area contributed by atoms with Gasteiger partial charge in [-0.15, -0.1) is 11.3 Å². The lowest BCUT2D eigenvalue weighted by molar-refractivity contribution is -0.121. The van der Waals surface area contributed by atoms with E-state index >= 15 is 0 Å². The Kier molecular flexibility index (Phi) is 6.33. The largest absolute Gasteiger partial charge is 0.496 e. The molecule has 0 aliphatic carbocycles. The topological polar surface area (TPSA) is 64.1 Å². The molecule has 1 N–H and O–H groups in total. The summed E-state index contributed by atoms with van der Waals surface area (Å²) in [4.78, 5) is 20.9. The number of methoxy groups -OCH3 is 1. The Labute approximate surface area is 157 Å². The van der Waals surface area contributed by atoms with E-state index < -0.39 is 0 Å². The van der Waals surface area contributed by atoms with Crippen molar-refractivity contribution >= 4 is 17.2 Å². The molecule has 0 spiro atoms. The van der Waals surface area contributed by atoms with Gasteiger partial charge in [0.2, 0.25) is 5.91 Å². The average molecular weight is 367 g/mol. The van der Waals surface area contributed by atoms with Gasteiger partial charge in [0.25, 0.3) is 0 Å². The van der Waals surface area contributed by atoms with Crippen LogP contribution in [0.5, 0.6) is 5.75 Å². The first kappa shape index (κ1) is 18.1. The first-order chi connectivity index (χ1) is 12.8. The summed E-state index contributed by atoms with van der Waals surface area (Å²) in [6.45, 7) is 0.593. The molecule has 3 rings (SSSR count). The second-order valence-electron chi connectivity index (χ2n) is 5.77. The third kappa shape index (κ3) is 4.89. The molecule has 0 bridgehead atoms. The number of para-hydroxylation sites is 1. The number of amides is 1. The lowest BCUT2D eigenvalue weighted by Gasteiger charge is -2.08. The monoisotopic (exact) mass is 367 g/mol. The van der Waals surface area contributed by atoms with E-state index in [1.54, 1.807) is 24.6 Å². The van der Waals surface area contributed by atoms with Crippen molar-refractivity contribution in [1.29, 1.82) is 0 Å². The SMILES string of the molecule is COc1ccccc1CCNC(=O)CCc1csc(-c2ccccn2)n1. The number of ether oxygens (including phenoxy) is 1. The molecule has 0 radical (unpaired) electrons. The van der Waals surface area contributed by atoms with Gasteiger partial charge in [-0.1, -0.05) is 24.3 Å². The van der Waals surface area contributed by atoms with Crippen LogP contribution in [0.1, 0.15) is 17.7 Å². The fraction of sp³-hybridized carbons (Fsp3) is 0.250. The molecule has 2 heterocycles. The van der Waals surface area contributed by atoms with Crippen LogP contribution in [-0.2, 0) is 17.6 Å². The fourth-order valence-electron chi connectivity index (χ4n) is 2.60. The van der Waals surface area contributed by atoms with Gasteiger partial charge in [0.1, 0.15) is 10.8 Å². The van der Waals surface area contributed by atoms with Crippen molar-refractivity contribution in [3.05, 3.63) is 65.3 Å². The number of thiazole rings is 1. The molecule has 0 aliphatic heterocycles. The number of aromatic nitrogens is 2. The van der Waals surface area contributed by atoms with E-state index in [-0.39, 0.29) is 5.91 Å². The van der Waals surface area contributed by atoms with Gasteiger partial charge in [-0.3, -0.25) is 9.78 Å². The molecule has 0 aliphatic rings. The minimum Gasteiger partial charge on any atom is -0.496 e. The molecule has 134 valence electrons. The molecule has 0 saturated carbocycles. The zero-order chi connectivity index (χ0) is 18.2. The molecule has 0 saturated heterocycles. The minimum atomic E-state index is 0.0345. The van der Waals surface area contributed by atoms with Gasteiger partial charge in [-0.25, -0.2) is 4.98 Å². The molecule has 0 fully saturated rings. The van der Waals surface area contributed by atoms with E-state index in [0.29, 0.717) is 19.4 Å². The number of nitrogens with one attached hydrogen (secondary N) is 1. The lowest BCUT2D eigenvalue weighted by Crippen LogP contribution is -2.26. The highest BCUT2D eigenvalue weighted by Gasteiger charge is 2.08. The molecule has 26 heavy (non-hydrogen) atoms. The Morgan fingerprint density at radius 3 is 2.81 bits per heavy atom. The molecule has 0 unspecified atom stereocenters. The van der Waals surface area contributed by atoms with Crippen LogP contribution < -0.4 is 10.1 Å². The summed E-state index contributed by atoms with van der Waals surface area (Å²) < 4.78 is 5.32. The first-order valence-corrected chi connectivity index (χ1v) is 9.38. The summed E-state index contributed by atoms with van der Waals surface area (Å²) in [7, 11) is 1.66. The quantitative estimate of drug-likeness (QED) is 0.662. The van der Waals surface area contributed by atoms with Crippen molar-refractivity contribution < 1.29 is 9.53 Å². The van der Waals surface area contributed by atoms with Gasteiger partial charge in [0, 0.05) is 24.5 Å². The number of aryl methyl sites for hydroxylation is 1. The number of benzene rings is 1. The number of carbonyl (C=O) groups is 1. The summed E-state index contributed by atoms with van der Waals surface area (Å²) in [6, 6.07) is 13.6. The molecule has 3 aromatic rings. The molecule has 2 aromatic heterocycles. The first-order valence-electron chi connectivity index (χ1n) is 8.50. The standard InChI is InChI=1S/C20H21N3O2S/c1-25-18-8-3-2-6-15(18)11-13-22-19(24)10-9-16-14-26-20(23-16)17-7-4-5-12-21-17/h2-8,12,14H,9-11,13H2,1H3,(H,22,24). The van der Waals surface area contributed by atoms with Crippen LogP contribution in [0.4, 0.5) is 0 Å². The van der Waals surface area contributed by atoms with Crippen molar-refractivity contribution in [2.75, 3.05) is 13.7 Å². The maximum Gasteiger partial charge on any atom is 0.220 e. The second kappa shape index (κ2) is 9.10. The highest BCUT2D eigenvalue weighted by Crippen LogP contribution is 2.22. The van der Waals surface area contributed by atoms with Gasteiger partial charge in [0.15, 0.2) is 0 Å². The molecular weight excluding hydrogens is 346 g/mol. The van der Waals surface area contributed by atoms with Crippen LogP contribution in [0, 0.1) is 0 Å². The van der Waals surface area contributed by atoms with Crippen LogP contribution >= 0.6 is 11.3 Å². The molecule has 6 heteroatoms. The number of pyridine rings is 1. The van der Waals surface area contributed by atoms with Gasteiger partial charge in [-0.05, 0) is 36.6 Å². The molecule has 1 amide bonds. The highest BCUT2D eigenvalue weighted by atomic mass is 32.1. The summed E-state index contributed by atoms with van der Waals surface area (Å²) in [5.74, 6) is 0.888. The number of rotatable bonds is 8. The Morgan fingerprint density at radius 1 is 1.15 bits per heavy atom. The number of hydrogen-bond acceptors (Lipinski definition) is 5. The summed E-state index contributed by atoms with van der Waals surface area (Å²) in [5, 5.41) is 5.84. The maximum atomic E-state index is 12.1. The normalized spacial score (nSPS) is 10.5. The smallest absolute Gasteiger partial charge is 0.220 e. The van der Waals surface area contributed by atoms with Crippen LogP contribution in [0.25, 0.3) is 10.7 Å².